The predicted octanol–water partition coefficient (Wildman–Crippen LogP) is -0.594. The summed E-state index contributed by atoms with van der Waals surface area (Å²) in [6.07, 6.45) is 4.93. The molecular formula is C22H23N5O3. The first kappa shape index (κ1) is 19.8. The molecule has 0 aliphatic carbocycles. The fourth-order valence-corrected chi connectivity index (χ4v) is 3.85. The minimum Gasteiger partial charge on any atom is -0.871 e. The van der Waals surface area contributed by atoms with Crippen molar-refractivity contribution in [2.24, 2.45) is 0 Å². The average molecular weight is 405 g/mol. The number of hydrogen-bond donors (Lipinski definition) is 1. The van der Waals surface area contributed by atoms with Crippen LogP contribution in [0.25, 0.3) is 11.4 Å². The molecule has 4 rings (SSSR count). The molecule has 154 valence electrons. The lowest BCUT2D eigenvalue weighted by molar-refractivity contribution is -0.857. The van der Waals surface area contributed by atoms with Gasteiger partial charge in [-0.05, 0) is 36.8 Å². The van der Waals surface area contributed by atoms with E-state index in [2.05, 4.69) is 9.97 Å². The topological polar surface area (TPSA) is 95.1 Å². The molecule has 0 aromatic carbocycles. The summed E-state index contributed by atoms with van der Waals surface area (Å²) in [6, 6.07) is 8.15. The van der Waals surface area contributed by atoms with Gasteiger partial charge in [0.1, 0.15) is 5.65 Å². The Morgan fingerprint density at radius 2 is 1.90 bits per heavy atom. The number of amides is 1. The van der Waals surface area contributed by atoms with Gasteiger partial charge < -0.3 is 19.3 Å². The molecule has 1 saturated heterocycles. The number of ketones is 1. The molecule has 0 spiro atoms. The molecule has 8 heteroatoms. The van der Waals surface area contributed by atoms with Crippen LogP contribution >= 0.6 is 0 Å². The predicted molar refractivity (Wildman–Crippen MR) is 108 cm³/mol. The van der Waals surface area contributed by atoms with Crippen LogP contribution in [-0.4, -0.2) is 58.1 Å². The third-order valence-electron chi connectivity index (χ3n) is 5.32. The molecule has 1 amide bonds. The van der Waals surface area contributed by atoms with Crippen LogP contribution in [-0.2, 0) is 9.59 Å². The van der Waals surface area contributed by atoms with E-state index in [1.165, 1.54) is 4.90 Å². The van der Waals surface area contributed by atoms with Crippen molar-refractivity contribution in [3.63, 3.8) is 0 Å². The Balaban J connectivity index is 1.92. The van der Waals surface area contributed by atoms with Gasteiger partial charge in [-0.3, -0.25) is 14.6 Å². The maximum Gasteiger partial charge on any atom is 0.295 e. The van der Waals surface area contributed by atoms with Gasteiger partial charge in [0.2, 0.25) is 5.78 Å². The molecule has 8 nitrogen and oxygen atoms in total. The van der Waals surface area contributed by atoms with Gasteiger partial charge in [-0.25, -0.2) is 4.98 Å². The third-order valence-corrected chi connectivity index (χ3v) is 5.32. The normalized spacial score (nSPS) is 18.7. The number of aromatic nitrogens is 3. The van der Waals surface area contributed by atoms with Gasteiger partial charge in [0.25, 0.3) is 5.91 Å². The molecule has 1 aliphatic rings. The first-order valence-corrected chi connectivity index (χ1v) is 9.79. The molecule has 30 heavy (non-hydrogen) atoms. The van der Waals surface area contributed by atoms with E-state index in [0.717, 1.165) is 4.90 Å². The highest BCUT2D eigenvalue weighted by Crippen LogP contribution is 2.38. The molecule has 0 bridgehead atoms. The zero-order chi connectivity index (χ0) is 21.4. The Labute approximate surface area is 174 Å². The molecule has 0 saturated carbocycles. The summed E-state index contributed by atoms with van der Waals surface area (Å²) in [5.74, 6) is -1.86. The highest BCUT2D eigenvalue weighted by Gasteiger charge is 2.44. The second kappa shape index (κ2) is 7.72. The van der Waals surface area contributed by atoms with E-state index < -0.39 is 23.5 Å². The van der Waals surface area contributed by atoms with Gasteiger partial charge in [-0.2, -0.15) is 0 Å². The summed E-state index contributed by atoms with van der Waals surface area (Å²) >= 11 is 0. The number of fused-ring (bicyclic) bond motifs is 1. The Bertz CT molecular complexity index is 1150. The number of imidazole rings is 1. The first-order valence-electron chi connectivity index (χ1n) is 9.79. The van der Waals surface area contributed by atoms with Crippen molar-refractivity contribution in [1.29, 1.82) is 0 Å². The van der Waals surface area contributed by atoms with Gasteiger partial charge in [0, 0.05) is 24.2 Å². The van der Waals surface area contributed by atoms with Crippen molar-refractivity contribution < 1.29 is 19.6 Å². The summed E-state index contributed by atoms with van der Waals surface area (Å²) in [7, 11) is 3.95. The number of quaternary nitrogens is 1. The molecule has 3 aromatic rings. The molecule has 1 atom stereocenters. The van der Waals surface area contributed by atoms with Crippen molar-refractivity contribution in [1.82, 2.24) is 19.3 Å². The molecule has 1 unspecified atom stereocenters. The maximum absolute atomic E-state index is 13.6. The molecule has 0 radical (unpaired) electrons. The van der Waals surface area contributed by atoms with Gasteiger partial charge in [-0.1, -0.05) is 11.8 Å². The fraction of sp³-hybridized carbons (Fsp3) is 0.273. The van der Waals surface area contributed by atoms with Gasteiger partial charge in [-0.15, -0.1) is 0 Å². The molecular weight excluding hydrogens is 382 g/mol. The Morgan fingerprint density at radius 1 is 1.17 bits per heavy atom. The minimum absolute atomic E-state index is 0.0336. The summed E-state index contributed by atoms with van der Waals surface area (Å²) < 4.78 is 1.67. The van der Waals surface area contributed by atoms with Crippen LogP contribution in [0, 0.1) is 6.92 Å². The molecule has 1 aliphatic heterocycles. The second-order valence-electron chi connectivity index (χ2n) is 7.69. The van der Waals surface area contributed by atoms with Crippen LogP contribution in [0.1, 0.15) is 23.0 Å². The van der Waals surface area contributed by atoms with E-state index in [-0.39, 0.29) is 5.57 Å². The number of Topliss-reactive ketones (excluding diaryl/α,β-unsaturated/α-hetero) is 1. The first-order chi connectivity index (χ1) is 14.4. The van der Waals surface area contributed by atoms with E-state index in [1.807, 2.05) is 20.2 Å². The third kappa shape index (κ3) is 3.25. The number of likely N-dealkylation sites (N-methyl/N-ethyl adjacent to an activating group) is 1. The Morgan fingerprint density at radius 3 is 2.60 bits per heavy atom. The van der Waals surface area contributed by atoms with Gasteiger partial charge in [0.05, 0.1) is 44.6 Å². The van der Waals surface area contributed by atoms with E-state index >= 15 is 0 Å². The highest BCUT2D eigenvalue weighted by molar-refractivity contribution is 6.46. The van der Waals surface area contributed by atoms with Crippen LogP contribution in [0.5, 0.6) is 0 Å². The second-order valence-corrected chi connectivity index (χ2v) is 7.69. The summed E-state index contributed by atoms with van der Waals surface area (Å²) in [5, 5.41) is 13.6. The van der Waals surface area contributed by atoms with Crippen LogP contribution in [0.3, 0.4) is 0 Å². The fourth-order valence-electron chi connectivity index (χ4n) is 3.85. The van der Waals surface area contributed by atoms with Crippen molar-refractivity contribution in [3.05, 3.63) is 71.4 Å². The van der Waals surface area contributed by atoms with Gasteiger partial charge >= 0.3 is 0 Å². The zero-order valence-electron chi connectivity index (χ0n) is 17.1. The summed E-state index contributed by atoms with van der Waals surface area (Å²) in [6.45, 7) is 2.75. The number of nitrogens with zero attached hydrogens (tertiary/aromatic N) is 4. The SMILES string of the molecule is Cc1nc2ccccn2c1/C([O-])=C1\C(=O)C(=O)N(CC[NH+](C)C)C1c1ccncc1. The lowest BCUT2D eigenvalue weighted by Gasteiger charge is -2.27. The van der Waals surface area contributed by atoms with Gasteiger partial charge in [0.15, 0.2) is 0 Å². The van der Waals surface area contributed by atoms with Crippen molar-refractivity contribution in [2.75, 3.05) is 27.2 Å². The Hall–Kier alpha value is -3.52. The number of carbonyl (C=O) groups is 2. The Kier molecular flexibility index (Phi) is 5.09. The van der Waals surface area contributed by atoms with Crippen LogP contribution in [0.4, 0.5) is 0 Å². The number of carbonyl (C=O) groups excluding carboxylic acids is 2. The lowest BCUT2D eigenvalue weighted by atomic mass is 9.97. The minimum atomic E-state index is -0.749. The number of rotatable bonds is 5. The lowest BCUT2D eigenvalue weighted by Crippen LogP contribution is -3.06. The van der Waals surface area contributed by atoms with Crippen LogP contribution in [0.15, 0.2) is 54.5 Å². The molecule has 1 N–H and O–H groups in total. The summed E-state index contributed by atoms with van der Waals surface area (Å²) in [5.41, 5.74) is 2.09. The van der Waals surface area contributed by atoms with E-state index in [4.69, 9.17) is 0 Å². The quantitative estimate of drug-likeness (QED) is 0.348. The monoisotopic (exact) mass is 405 g/mol. The molecule has 1 fully saturated rings. The van der Waals surface area contributed by atoms with Crippen molar-refractivity contribution in [2.45, 2.75) is 13.0 Å². The average Bonchev–Trinajstić information content (AvgIpc) is 3.20. The highest BCUT2D eigenvalue weighted by atomic mass is 16.3. The molecule has 4 heterocycles. The smallest absolute Gasteiger partial charge is 0.295 e. The van der Waals surface area contributed by atoms with Crippen LogP contribution in [0.2, 0.25) is 0 Å². The molecule has 3 aromatic heterocycles. The number of nitrogens with one attached hydrogen (secondary N) is 1. The van der Waals surface area contributed by atoms with Crippen molar-refractivity contribution >= 4 is 23.1 Å². The maximum atomic E-state index is 13.6. The number of pyridine rings is 2. The van der Waals surface area contributed by atoms with E-state index in [0.29, 0.717) is 35.7 Å². The van der Waals surface area contributed by atoms with E-state index in [1.54, 1.807) is 54.2 Å². The van der Waals surface area contributed by atoms with Crippen molar-refractivity contribution in [3.8, 4) is 0 Å². The van der Waals surface area contributed by atoms with Crippen LogP contribution < -0.4 is 10.0 Å². The largest absolute Gasteiger partial charge is 0.871 e. The number of hydrogen-bond acceptors (Lipinski definition) is 5. The standard InChI is InChI=1S/C22H23N5O3/c1-14-18(26-11-5-4-6-16(26)24-14)20(28)17-19(15-7-9-23-10-8-15)27(13-12-25(2)3)22(30)21(17)29/h4-11,19,28H,12-13H2,1-3H3/b20-17+. The zero-order valence-corrected chi connectivity index (χ0v) is 17.1. The summed E-state index contributed by atoms with van der Waals surface area (Å²) in [4.78, 5) is 37.0. The van der Waals surface area contributed by atoms with E-state index in [9.17, 15) is 14.7 Å². The number of likely N-dealkylation sites (tertiary alicyclic amines) is 1. The number of aryl methyl sites for hydroxylation is 1.